The molecule has 8 nitrogen and oxygen atoms in total. The molecule has 0 fully saturated rings. The van der Waals surface area contributed by atoms with Gasteiger partial charge in [-0.3, -0.25) is 10.1 Å². The third-order valence-corrected chi connectivity index (χ3v) is 6.59. The van der Waals surface area contributed by atoms with Crippen LogP contribution in [-0.2, 0) is 10.7 Å². The van der Waals surface area contributed by atoms with Gasteiger partial charge in [0, 0.05) is 23.4 Å². The van der Waals surface area contributed by atoms with E-state index in [-0.39, 0.29) is 5.69 Å². The molecule has 0 aliphatic rings. The van der Waals surface area contributed by atoms with Crippen LogP contribution in [0.25, 0.3) is 11.1 Å². The maximum atomic E-state index is 12.5. The maximum absolute atomic E-state index is 12.5. The Morgan fingerprint density at radius 1 is 1.03 bits per heavy atom. The van der Waals surface area contributed by atoms with E-state index in [1.54, 1.807) is 13.2 Å². The molecule has 1 unspecified atom stereocenters. The number of amides is 2. The lowest BCUT2D eigenvalue weighted by Crippen LogP contribution is -2.39. The Bertz CT molecular complexity index is 1250. The van der Waals surface area contributed by atoms with E-state index < -0.39 is 27.2 Å². The number of nitrogens with zero attached hydrogens (tertiary/aromatic N) is 2. The van der Waals surface area contributed by atoms with Gasteiger partial charge in [-0.25, -0.2) is 4.79 Å². The number of hydrogen-bond acceptors (Lipinski definition) is 5. The molecule has 184 valence electrons. The number of non-ortho nitro benzene ring substituents is 1. The number of carbonyl (C=O) groups is 1. The van der Waals surface area contributed by atoms with Crippen LogP contribution in [0.3, 0.4) is 0 Å². The lowest BCUT2D eigenvalue weighted by Gasteiger charge is -2.19. The molecule has 0 radical (unpaired) electrons. The van der Waals surface area contributed by atoms with Crippen LogP contribution in [-0.4, -0.2) is 29.4 Å². The van der Waals surface area contributed by atoms with Crippen LogP contribution in [0.5, 0.6) is 17.2 Å². The largest absolute Gasteiger partial charge is 0.497 e. The van der Waals surface area contributed by atoms with Crippen molar-refractivity contribution in [1.82, 2.24) is 5.32 Å². The topological polar surface area (TPSA) is 103 Å². The minimum Gasteiger partial charge on any atom is -0.497 e. The molecule has 1 atom stereocenters. The molecule has 0 spiro atoms. The minimum absolute atomic E-state index is 0.0864. The monoisotopic (exact) mass is 495 g/mol. The number of rotatable bonds is 7. The molecule has 0 saturated carbocycles. The van der Waals surface area contributed by atoms with Crippen LogP contribution in [0.4, 0.5) is 10.5 Å². The average Bonchev–Trinajstić information content (AvgIpc) is 2.82. The second kappa shape index (κ2) is 11.1. The summed E-state index contributed by atoms with van der Waals surface area (Å²) < 4.78 is 15.7. The van der Waals surface area contributed by atoms with Crippen molar-refractivity contribution < 1.29 is 19.2 Å². The van der Waals surface area contributed by atoms with Crippen molar-refractivity contribution in [1.29, 1.82) is 0 Å². The summed E-state index contributed by atoms with van der Waals surface area (Å²) in [5, 5.41) is 14.3. The summed E-state index contributed by atoms with van der Waals surface area (Å²) >= 11 is 0. The highest BCUT2D eigenvalue weighted by Gasteiger charge is 2.19. The fourth-order valence-corrected chi connectivity index (χ4v) is 4.62. The third kappa shape index (κ3) is 7.13. The Balaban J connectivity index is 1.99. The zero-order valence-electron chi connectivity index (χ0n) is 20.4. The molecule has 0 saturated heterocycles. The van der Waals surface area contributed by atoms with E-state index in [0.717, 1.165) is 16.9 Å². The van der Waals surface area contributed by atoms with Gasteiger partial charge in [-0.2, -0.15) is 4.36 Å². The van der Waals surface area contributed by atoms with Crippen LogP contribution in [0.15, 0.2) is 76.0 Å². The number of methoxy groups -OCH3 is 1. The lowest BCUT2D eigenvalue weighted by molar-refractivity contribution is -0.385. The number of ether oxygens (including phenoxy) is 2. The highest BCUT2D eigenvalue weighted by atomic mass is 32.2. The summed E-state index contributed by atoms with van der Waals surface area (Å²) in [6, 6.07) is 19.1. The van der Waals surface area contributed by atoms with Gasteiger partial charge in [0.25, 0.3) is 5.69 Å². The number of benzene rings is 3. The zero-order valence-corrected chi connectivity index (χ0v) is 21.2. The normalized spacial score (nSPS) is 12.1. The van der Waals surface area contributed by atoms with Crippen LogP contribution in [0, 0.1) is 10.1 Å². The van der Waals surface area contributed by atoms with Gasteiger partial charge in [0.1, 0.15) is 17.2 Å². The summed E-state index contributed by atoms with van der Waals surface area (Å²) in [5.41, 5.74) is 1.39. The predicted octanol–water partition coefficient (Wildman–Crippen LogP) is 6.75. The van der Waals surface area contributed by atoms with Gasteiger partial charge in [-0.1, -0.05) is 41.9 Å². The molecule has 3 aromatic rings. The summed E-state index contributed by atoms with van der Waals surface area (Å²) in [5.74, 6) is 2.23. The predicted molar refractivity (Wildman–Crippen MR) is 138 cm³/mol. The highest BCUT2D eigenvalue weighted by molar-refractivity contribution is 7.87. The number of carbonyl (C=O) groups excluding carboxylic acids is 1. The quantitative estimate of drug-likeness (QED) is 0.288. The molecule has 0 bridgehead atoms. The summed E-state index contributed by atoms with van der Waals surface area (Å²) in [6.07, 6.45) is 0. The first-order chi connectivity index (χ1) is 16.6. The fraction of sp³-hybridized carbons (Fsp3) is 0.269. The molecule has 0 aliphatic carbocycles. The van der Waals surface area contributed by atoms with E-state index >= 15 is 0 Å². The Labute approximate surface area is 207 Å². The molecule has 0 heterocycles. The maximum Gasteiger partial charge on any atom is 0.347 e. The number of nitro groups is 1. The Morgan fingerprint density at radius 2 is 1.74 bits per heavy atom. The van der Waals surface area contributed by atoms with Crippen molar-refractivity contribution in [2.75, 3.05) is 12.9 Å². The van der Waals surface area contributed by atoms with Crippen molar-refractivity contribution in [2.45, 2.75) is 38.1 Å². The highest BCUT2D eigenvalue weighted by Crippen LogP contribution is 2.34. The molecule has 35 heavy (non-hydrogen) atoms. The van der Waals surface area contributed by atoms with Crippen LogP contribution in [0.1, 0.15) is 27.7 Å². The number of nitrogens with one attached hydrogen (secondary N) is 1. The van der Waals surface area contributed by atoms with Crippen LogP contribution in [0.2, 0.25) is 0 Å². The fourth-order valence-electron chi connectivity index (χ4n) is 3.24. The van der Waals surface area contributed by atoms with E-state index in [2.05, 4.69) is 9.68 Å². The molecule has 2 amide bonds. The SMILES string of the molecule is CCS(=NC(=O)NC(C)(C)C)c1cc([N+](=O)[O-])ccc1Oc1cccc(-c2ccc(OC)cc2)c1. The molecule has 3 aromatic carbocycles. The van der Waals surface area contributed by atoms with Crippen molar-refractivity contribution in [2.24, 2.45) is 4.36 Å². The third-order valence-electron chi connectivity index (χ3n) is 4.83. The van der Waals surface area contributed by atoms with Gasteiger partial charge in [-0.15, -0.1) is 0 Å². The van der Waals surface area contributed by atoms with Crippen LogP contribution < -0.4 is 14.8 Å². The first-order valence-corrected chi connectivity index (χ1v) is 12.4. The molecular formula is C26H29N3O5S. The standard InChI is InChI=1S/C26H29N3O5S/c1-6-35(28-25(30)27-26(2,3)4)24-17-20(29(31)32)12-15-23(24)34-22-9-7-8-19(16-22)18-10-13-21(33-5)14-11-18/h7-17H,6H2,1-5H3,(H,27,30). The summed E-state index contributed by atoms with van der Waals surface area (Å²) in [6.45, 7) is 7.47. The first kappa shape index (κ1) is 25.9. The Kier molecular flexibility index (Phi) is 8.24. The van der Waals surface area contributed by atoms with Crippen LogP contribution >= 0.6 is 0 Å². The zero-order chi connectivity index (χ0) is 25.6. The van der Waals surface area contributed by atoms with Gasteiger partial charge >= 0.3 is 6.03 Å². The molecule has 9 heteroatoms. The van der Waals surface area contributed by atoms with Gasteiger partial charge in [0.05, 0.1) is 16.9 Å². The molecule has 0 aliphatic heterocycles. The van der Waals surface area contributed by atoms with Crippen molar-refractivity contribution in [3.05, 3.63) is 76.8 Å². The summed E-state index contributed by atoms with van der Waals surface area (Å²) in [4.78, 5) is 24.0. The molecule has 1 N–H and O–H groups in total. The second-order valence-electron chi connectivity index (χ2n) is 8.67. The average molecular weight is 496 g/mol. The van der Waals surface area contributed by atoms with Gasteiger partial charge in [0.2, 0.25) is 0 Å². The first-order valence-electron chi connectivity index (χ1n) is 11.1. The van der Waals surface area contributed by atoms with Crippen molar-refractivity contribution >= 4 is 22.4 Å². The molecular weight excluding hydrogens is 466 g/mol. The Hall–Kier alpha value is -3.72. The number of hydrogen-bond donors (Lipinski definition) is 1. The van der Waals surface area contributed by atoms with E-state index in [4.69, 9.17) is 9.47 Å². The minimum atomic E-state index is -0.947. The Morgan fingerprint density at radius 3 is 2.34 bits per heavy atom. The number of urea groups is 1. The van der Waals surface area contributed by atoms with Crippen molar-refractivity contribution in [3.63, 3.8) is 0 Å². The smallest absolute Gasteiger partial charge is 0.347 e. The second-order valence-corrected chi connectivity index (χ2v) is 10.6. The van der Waals surface area contributed by atoms with Gasteiger partial charge in [0.15, 0.2) is 0 Å². The van der Waals surface area contributed by atoms with E-state index in [1.807, 2.05) is 76.2 Å². The number of nitro benzene ring substituents is 1. The van der Waals surface area contributed by atoms with E-state index in [0.29, 0.717) is 22.1 Å². The van der Waals surface area contributed by atoms with Gasteiger partial charge in [-0.05, 0) is 62.2 Å². The van der Waals surface area contributed by atoms with E-state index in [1.165, 1.54) is 12.1 Å². The summed E-state index contributed by atoms with van der Waals surface area (Å²) in [7, 11) is 0.672. The molecule has 3 rings (SSSR count). The van der Waals surface area contributed by atoms with Crippen molar-refractivity contribution in [3.8, 4) is 28.4 Å². The molecule has 0 aromatic heterocycles. The van der Waals surface area contributed by atoms with E-state index in [9.17, 15) is 14.9 Å². The lowest BCUT2D eigenvalue weighted by atomic mass is 10.1. The van der Waals surface area contributed by atoms with Gasteiger partial charge < -0.3 is 14.8 Å².